The summed E-state index contributed by atoms with van der Waals surface area (Å²) in [7, 11) is 0. The van der Waals surface area contributed by atoms with Gasteiger partial charge in [-0.25, -0.2) is 0 Å². The second-order valence-electron chi connectivity index (χ2n) is 7.44. The third-order valence-corrected chi connectivity index (χ3v) is 4.77. The highest BCUT2D eigenvalue weighted by atomic mass is 15.1. The van der Waals surface area contributed by atoms with Crippen molar-refractivity contribution in [1.82, 2.24) is 10.2 Å². The van der Waals surface area contributed by atoms with Gasteiger partial charge in [-0.3, -0.25) is 0 Å². The van der Waals surface area contributed by atoms with Gasteiger partial charge in [0.05, 0.1) is 0 Å². The third kappa shape index (κ3) is 10.3. The predicted molar refractivity (Wildman–Crippen MR) is 94.9 cm³/mol. The van der Waals surface area contributed by atoms with E-state index < -0.39 is 0 Å². The number of hydrogen-bond donors (Lipinski definition) is 1. The van der Waals surface area contributed by atoms with Crippen LogP contribution in [0.5, 0.6) is 0 Å². The van der Waals surface area contributed by atoms with Crippen molar-refractivity contribution in [2.75, 3.05) is 32.7 Å². The van der Waals surface area contributed by atoms with E-state index in [4.69, 9.17) is 0 Å². The molecule has 1 fully saturated rings. The molecule has 0 aromatic rings. The molecular weight excluding hydrogens is 256 g/mol. The first-order valence-electron chi connectivity index (χ1n) is 9.65. The Labute approximate surface area is 134 Å². The normalized spacial score (nSPS) is 20.9. The highest BCUT2D eigenvalue weighted by molar-refractivity contribution is 4.70. The van der Waals surface area contributed by atoms with Crippen molar-refractivity contribution in [1.29, 1.82) is 0 Å². The molecule has 1 rings (SSSR count). The lowest BCUT2D eigenvalue weighted by Crippen LogP contribution is -2.26. The fourth-order valence-corrected chi connectivity index (χ4v) is 3.48. The number of likely N-dealkylation sites (tertiary alicyclic amines) is 1. The van der Waals surface area contributed by atoms with E-state index in [1.165, 1.54) is 90.5 Å². The molecule has 126 valence electrons. The molecule has 2 nitrogen and oxygen atoms in total. The van der Waals surface area contributed by atoms with E-state index in [1.807, 2.05) is 0 Å². The summed E-state index contributed by atoms with van der Waals surface area (Å²) in [5, 5.41) is 3.54. The Morgan fingerprint density at radius 2 is 1.86 bits per heavy atom. The molecule has 1 unspecified atom stereocenters. The molecule has 0 bridgehead atoms. The topological polar surface area (TPSA) is 15.3 Å². The largest absolute Gasteiger partial charge is 0.316 e. The van der Waals surface area contributed by atoms with Gasteiger partial charge in [-0.1, -0.05) is 46.5 Å². The minimum atomic E-state index is 0.782. The summed E-state index contributed by atoms with van der Waals surface area (Å²) >= 11 is 0. The van der Waals surface area contributed by atoms with Crippen LogP contribution in [0, 0.1) is 11.8 Å². The van der Waals surface area contributed by atoms with Gasteiger partial charge in [0.25, 0.3) is 0 Å². The summed E-state index contributed by atoms with van der Waals surface area (Å²) in [6.07, 6.45) is 12.8. The Kier molecular flexibility index (Phi) is 11.3. The molecule has 1 atom stereocenters. The van der Waals surface area contributed by atoms with Gasteiger partial charge < -0.3 is 10.2 Å². The zero-order chi connectivity index (χ0) is 15.3. The molecule has 2 heteroatoms. The smallest absolute Gasteiger partial charge is 0.00161 e. The van der Waals surface area contributed by atoms with E-state index in [0.29, 0.717) is 0 Å². The van der Waals surface area contributed by atoms with Crippen molar-refractivity contribution >= 4 is 0 Å². The first-order valence-corrected chi connectivity index (χ1v) is 9.65. The molecule has 1 aliphatic heterocycles. The zero-order valence-corrected chi connectivity index (χ0v) is 15.0. The van der Waals surface area contributed by atoms with Crippen molar-refractivity contribution in [3.63, 3.8) is 0 Å². The van der Waals surface area contributed by atoms with Crippen LogP contribution in [-0.4, -0.2) is 37.6 Å². The third-order valence-electron chi connectivity index (χ3n) is 4.77. The molecule has 0 spiro atoms. The molecule has 0 aromatic carbocycles. The molecule has 1 heterocycles. The molecule has 1 N–H and O–H groups in total. The summed E-state index contributed by atoms with van der Waals surface area (Å²) in [5.74, 6) is 1.80. The van der Waals surface area contributed by atoms with Crippen LogP contribution in [0.3, 0.4) is 0 Å². The molecule has 0 amide bonds. The molecular formula is C19H40N2. The molecule has 0 aliphatic carbocycles. The SMILES string of the molecule is CCCC1CCCN(CCCCCCNCC(C)C)CC1. The summed E-state index contributed by atoms with van der Waals surface area (Å²) in [6.45, 7) is 13.3. The second kappa shape index (κ2) is 12.5. The zero-order valence-electron chi connectivity index (χ0n) is 15.0. The Bertz CT molecular complexity index is 228. The van der Waals surface area contributed by atoms with E-state index in [1.54, 1.807) is 0 Å². The highest BCUT2D eigenvalue weighted by Crippen LogP contribution is 2.22. The number of unbranched alkanes of at least 4 members (excludes halogenated alkanes) is 3. The van der Waals surface area contributed by atoms with Crippen molar-refractivity contribution in [2.45, 2.75) is 78.6 Å². The minimum absolute atomic E-state index is 0.782. The highest BCUT2D eigenvalue weighted by Gasteiger charge is 2.15. The molecule has 0 aromatic heterocycles. The van der Waals surface area contributed by atoms with Crippen molar-refractivity contribution in [3.8, 4) is 0 Å². The molecule has 0 radical (unpaired) electrons. The quantitative estimate of drug-likeness (QED) is 0.556. The average molecular weight is 297 g/mol. The molecule has 21 heavy (non-hydrogen) atoms. The van der Waals surface area contributed by atoms with E-state index in [0.717, 1.165) is 11.8 Å². The van der Waals surface area contributed by atoms with E-state index >= 15 is 0 Å². The Morgan fingerprint density at radius 1 is 1.05 bits per heavy atom. The fraction of sp³-hybridized carbons (Fsp3) is 1.00. The molecule has 0 saturated carbocycles. The van der Waals surface area contributed by atoms with Gasteiger partial charge in [0.15, 0.2) is 0 Å². The first-order chi connectivity index (χ1) is 10.2. The van der Waals surface area contributed by atoms with E-state index in [-0.39, 0.29) is 0 Å². The lowest BCUT2D eigenvalue weighted by Gasteiger charge is -2.20. The van der Waals surface area contributed by atoms with Crippen LogP contribution in [0.2, 0.25) is 0 Å². The predicted octanol–water partition coefficient (Wildman–Crippen LogP) is 4.69. The number of rotatable bonds is 11. The maximum absolute atomic E-state index is 3.54. The summed E-state index contributed by atoms with van der Waals surface area (Å²) in [5.41, 5.74) is 0. The lowest BCUT2D eigenvalue weighted by atomic mass is 9.96. The first kappa shape index (κ1) is 19.0. The van der Waals surface area contributed by atoms with Gasteiger partial charge in [0.1, 0.15) is 0 Å². The number of nitrogens with one attached hydrogen (secondary N) is 1. The van der Waals surface area contributed by atoms with Gasteiger partial charge in [0, 0.05) is 0 Å². The van der Waals surface area contributed by atoms with Crippen molar-refractivity contribution in [2.24, 2.45) is 11.8 Å². The molecule has 1 aliphatic rings. The van der Waals surface area contributed by atoms with Crippen LogP contribution in [0.25, 0.3) is 0 Å². The van der Waals surface area contributed by atoms with E-state index in [9.17, 15) is 0 Å². The minimum Gasteiger partial charge on any atom is -0.316 e. The van der Waals surface area contributed by atoms with E-state index in [2.05, 4.69) is 31.0 Å². The Morgan fingerprint density at radius 3 is 2.62 bits per heavy atom. The second-order valence-corrected chi connectivity index (χ2v) is 7.44. The van der Waals surface area contributed by atoms with Gasteiger partial charge in [-0.05, 0) is 76.7 Å². The van der Waals surface area contributed by atoms with Gasteiger partial charge in [0.2, 0.25) is 0 Å². The van der Waals surface area contributed by atoms with Crippen molar-refractivity contribution < 1.29 is 0 Å². The standard InChI is InChI=1S/C19H40N2/c1-4-10-19-11-9-15-21(16-12-19)14-8-6-5-7-13-20-17-18(2)3/h18-20H,4-17H2,1-3H3. The fourth-order valence-electron chi connectivity index (χ4n) is 3.48. The van der Waals surface area contributed by atoms with Gasteiger partial charge in [-0.2, -0.15) is 0 Å². The monoisotopic (exact) mass is 296 g/mol. The lowest BCUT2D eigenvalue weighted by molar-refractivity contribution is 0.272. The summed E-state index contributed by atoms with van der Waals surface area (Å²) < 4.78 is 0. The van der Waals surface area contributed by atoms with Crippen molar-refractivity contribution in [3.05, 3.63) is 0 Å². The number of hydrogen-bond acceptors (Lipinski definition) is 2. The van der Waals surface area contributed by atoms with Crippen LogP contribution in [-0.2, 0) is 0 Å². The maximum atomic E-state index is 3.54. The van der Waals surface area contributed by atoms with Crippen LogP contribution >= 0.6 is 0 Å². The Hall–Kier alpha value is -0.0800. The maximum Gasteiger partial charge on any atom is -0.00161 e. The molecule has 1 saturated heterocycles. The van der Waals surface area contributed by atoms with Gasteiger partial charge >= 0.3 is 0 Å². The van der Waals surface area contributed by atoms with Gasteiger partial charge in [-0.15, -0.1) is 0 Å². The van der Waals surface area contributed by atoms with Crippen LogP contribution in [0.4, 0.5) is 0 Å². The van der Waals surface area contributed by atoms with Crippen LogP contribution < -0.4 is 5.32 Å². The van der Waals surface area contributed by atoms with Crippen LogP contribution in [0.15, 0.2) is 0 Å². The average Bonchev–Trinajstić information content (AvgIpc) is 2.67. The number of nitrogens with zero attached hydrogens (tertiary/aromatic N) is 1. The van der Waals surface area contributed by atoms with Crippen LogP contribution in [0.1, 0.15) is 78.6 Å². The summed E-state index contributed by atoms with van der Waals surface area (Å²) in [4.78, 5) is 2.73. The Balaban J connectivity index is 1.93. The summed E-state index contributed by atoms with van der Waals surface area (Å²) in [6, 6.07) is 0.